The molecule has 0 spiro atoms. The molecule has 0 amide bonds. The molecule has 0 radical (unpaired) electrons. The Morgan fingerprint density at radius 3 is 2.67 bits per heavy atom. The number of ether oxygens (including phenoxy) is 2. The number of aliphatic hydroxyl groups is 1. The van der Waals surface area contributed by atoms with Crippen molar-refractivity contribution in [3.8, 4) is 5.75 Å². The van der Waals surface area contributed by atoms with E-state index in [2.05, 4.69) is 15.9 Å². The summed E-state index contributed by atoms with van der Waals surface area (Å²) in [4.78, 5) is 0. The molecule has 102 valence electrons. The second-order valence-corrected chi connectivity index (χ2v) is 5.22. The molecule has 1 atom stereocenters. The lowest BCUT2D eigenvalue weighted by Gasteiger charge is -2.16. The van der Waals surface area contributed by atoms with Crippen LogP contribution in [0, 0.1) is 0 Å². The SMILES string of the molecule is CC(C)OCC(O)COc1ccc(Br)cc1CN. The van der Waals surface area contributed by atoms with Crippen molar-refractivity contribution in [3.63, 3.8) is 0 Å². The van der Waals surface area contributed by atoms with Gasteiger partial charge in [0.25, 0.3) is 0 Å². The fourth-order valence-electron chi connectivity index (χ4n) is 1.39. The summed E-state index contributed by atoms with van der Waals surface area (Å²) in [7, 11) is 0. The first kappa shape index (κ1) is 15.4. The number of hydrogen-bond donors (Lipinski definition) is 2. The first-order chi connectivity index (χ1) is 8.52. The van der Waals surface area contributed by atoms with Gasteiger partial charge in [-0.3, -0.25) is 0 Å². The van der Waals surface area contributed by atoms with Crippen LogP contribution in [0.4, 0.5) is 0 Å². The third kappa shape index (κ3) is 5.35. The van der Waals surface area contributed by atoms with Crippen LogP contribution in [0.15, 0.2) is 22.7 Å². The zero-order valence-electron chi connectivity index (χ0n) is 10.7. The molecule has 4 nitrogen and oxygen atoms in total. The average molecular weight is 318 g/mol. The van der Waals surface area contributed by atoms with E-state index in [0.717, 1.165) is 10.0 Å². The zero-order chi connectivity index (χ0) is 13.5. The molecule has 1 unspecified atom stereocenters. The third-order valence-electron chi connectivity index (χ3n) is 2.30. The lowest BCUT2D eigenvalue weighted by atomic mass is 10.2. The molecule has 0 saturated carbocycles. The molecule has 1 aromatic rings. The Morgan fingerprint density at radius 2 is 2.06 bits per heavy atom. The van der Waals surface area contributed by atoms with Gasteiger partial charge in [-0.05, 0) is 32.0 Å². The van der Waals surface area contributed by atoms with Gasteiger partial charge in [-0.25, -0.2) is 0 Å². The molecular formula is C13H20BrNO3. The molecule has 0 saturated heterocycles. The summed E-state index contributed by atoms with van der Waals surface area (Å²) >= 11 is 3.38. The van der Waals surface area contributed by atoms with Crippen molar-refractivity contribution in [2.75, 3.05) is 13.2 Å². The maximum Gasteiger partial charge on any atom is 0.123 e. The van der Waals surface area contributed by atoms with Gasteiger partial charge in [0.1, 0.15) is 18.5 Å². The van der Waals surface area contributed by atoms with Crippen LogP contribution in [0.5, 0.6) is 5.75 Å². The second kappa shape index (κ2) is 7.74. The summed E-state index contributed by atoms with van der Waals surface area (Å²) in [6.45, 7) is 4.71. The number of hydrogen-bond acceptors (Lipinski definition) is 4. The second-order valence-electron chi connectivity index (χ2n) is 4.30. The van der Waals surface area contributed by atoms with Gasteiger partial charge in [0.15, 0.2) is 0 Å². The summed E-state index contributed by atoms with van der Waals surface area (Å²) in [5.41, 5.74) is 6.54. The Morgan fingerprint density at radius 1 is 1.33 bits per heavy atom. The molecule has 5 heteroatoms. The number of rotatable bonds is 7. The molecule has 0 aliphatic carbocycles. The van der Waals surface area contributed by atoms with E-state index in [1.807, 2.05) is 32.0 Å². The number of halogens is 1. The highest BCUT2D eigenvalue weighted by molar-refractivity contribution is 9.10. The Balaban J connectivity index is 2.47. The molecule has 3 N–H and O–H groups in total. The summed E-state index contributed by atoms with van der Waals surface area (Å²) in [5, 5.41) is 9.69. The van der Waals surface area contributed by atoms with E-state index in [1.165, 1.54) is 0 Å². The highest BCUT2D eigenvalue weighted by Crippen LogP contribution is 2.22. The highest BCUT2D eigenvalue weighted by atomic mass is 79.9. The minimum absolute atomic E-state index is 0.104. The molecule has 18 heavy (non-hydrogen) atoms. The molecule has 0 aliphatic heterocycles. The summed E-state index contributed by atoms with van der Waals surface area (Å²) in [6, 6.07) is 5.63. The Hall–Kier alpha value is -0.620. The van der Waals surface area contributed by atoms with Crippen molar-refractivity contribution in [3.05, 3.63) is 28.2 Å². The van der Waals surface area contributed by atoms with E-state index in [4.69, 9.17) is 15.2 Å². The van der Waals surface area contributed by atoms with Crippen LogP contribution in [0.2, 0.25) is 0 Å². The van der Waals surface area contributed by atoms with Crippen molar-refractivity contribution in [2.24, 2.45) is 5.73 Å². The molecule has 0 fully saturated rings. The zero-order valence-corrected chi connectivity index (χ0v) is 12.3. The lowest BCUT2D eigenvalue weighted by molar-refractivity contribution is -0.0124. The van der Waals surface area contributed by atoms with Gasteiger partial charge in [0, 0.05) is 16.6 Å². The van der Waals surface area contributed by atoms with Crippen LogP contribution < -0.4 is 10.5 Å². The van der Waals surface area contributed by atoms with Crippen LogP contribution in [0.3, 0.4) is 0 Å². The maximum atomic E-state index is 9.69. The van der Waals surface area contributed by atoms with Gasteiger partial charge in [0.2, 0.25) is 0 Å². The van der Waals surface area contributed by atoms with Crippen LogP contribution >= 0.6 is 15.9 Å². The average Bonchev–Trinajstić information content (AvgIpc) is 2.34. The molecule has 0 bridgehead atoms. The maximum absolute atomic E-state index is 9.69. The summed E-state index contributed by atoms with van der Waals surface area (Å²) in [5.74, 6) is 0.698. The van der Waals surface area contributed by atoms with Crippen LogP contribution in [-0.4, -0.2) is 30.5 Å². The quantitative estimate of drug-likeness (QED) is 0.808. The van der Waals surface area contributed by atoms with Crippen LogP contribution in [0.25, 0.3) is 0 Å². The van der Waals surface area contributed by atoms with Gasteiger partial charge in [-0.1, -0.05) is 15.9 Å². The molecule has 1 rings (SSSR count). The summed E-state index contributed by atoms with van der Waals surface area (Å²) < 4.78 is 11.8. The minimum atomic E-state index is -0.637. The van der Waals surface area contributed by atoms with Crippen molar-refractivity contribution >= 4 is 15.9 Å². The van der Waals surface area contributed by atoms with E-state index >= 15 is 0 Å². The van der Waals surface area contributed by atoms with E-state index < -0.39 is 6.10 Å². The lowest BCUT2D eigenvalue weighted by Crippen LogP contribution is -2.25. The summed E-state index contributed by atoms with van der Waals surface area (Å²) in [6.07, 6.45) is -0.534. The third-order valence-corrected chi connectivity index (χ3v) is 2.79. The fourth-order valence-corrected chi connectivity index (χ4v) is 1.79. The molecular weight excluding hydrogens is 298 g/mol. The van der Waals surface area contributed by atoms with E-state index in [0.29, 0.717) is 12.3 Å². The van der Waals surface area contributed by atoms with Gasteiger partial charge >= 0.3 is 0 Å². The Kier molecular flexibility index (Phi) is 6.63. The van der Waals surface area contributed by atoms with Crippen molar-refractivity contribution < 1.29 is 14.6 Å². The molecule has 0 aliphatic rings. The highest BCUT2D eigenvalue weighted by Gasteiger charge is 2.09. The first-order valence-electron chi connectivity index (χ1n) is 5.94. The van der Waals surface area contributed by atoms with E-state index in [1.54, 1.807) is 0 Å². The van der Waals surface area contributed by atoms with Gasteiger partial charge < -0.3 is 20.3 Å². The number of aliphatic hydroxyl groups excluding tert-OH is 1. The minimum Gasteiger partial charge on any atom is -0.490 e. The number of nitrogens with two attached hydrogens (primary N) is 1. The smallest absolute Gasteiger partial charge is 0.123 e. The largest absolute Gasteiger partial charge is 0.490 e. The normalized spacial score (nSPS) is 12.8. The Bertz CT molecular complexity index is 371. The Labute approximate surface area is 116 Å². The predicted molar refractivity (Wildman–Crippen MR) is 74.6 cm³/mol. The van der Waals surface area contributed by atoms with Crippen molar-refractivity contribution in [1.82, 2.24) is 0 Å². The van der Waals surface area contributed by atoms with Gasteiger partial charge in [0.05, 0.1) is 12.7 Å². The molecule has 0 heterocycles. The number of benzene rings is 1. The van der Waals surface area contributed by atoms with Gasteiger partial charge in [-0.15, -0.1) is 0 Å². The van der Waals surface area contributed by atoms with Crippen molar-refractivity contribution in [2.45, 2.75) is 32.6 Å². The van der Waals surface area contributed by atoms with Gasteiger partial charge in [-0.2, -0.15) is 0 Å². The monoisotopic (exact) mass is 317 g/mol. The van der Waals surface area contributed by atoms with Crippen LogP contribution in [-0.2, 0) is 11.3 Å². The molecule has 1 aromatic carbocycles. The molecule has 0 aromatic heterocycles. The topological polar surface area (TPSA) is 64.7 Å². The predicted octanol–water partition coefficient (Wildman–Crippen LogP) is 2.07. The van der Waals surface area contributed by atoms with Crippen molar-refractivity contribution in [1.29, 1.82) is 0 Å². The van der Waals surface area contributed by atoms with E-state index in [-0.39, 0.29) is 19.3 Å². The first-order valence-corrected chi connectivity index (χ1v) is 6.73. The standard InChI is InChI=1S/C13H20BrNO3/c1-9(2)17-7-12(16)8-18-13-4-3-11(14)5-10(13)6-15/h3-5,9,12,16H,6-8,15H2,1-2H3. The van der Waals surface area contributed by atoms with Crippen LogP contribution in [0.1, 0.15) is 19.4 Å². The van der Waals surface area contributed by atoms with E-state index in [9.17, 15) is 5.11 Å². The fraction of sp³-hybridized carbons (Fsp3) is 0.538.